The summed E-state index contributed by atoms with van der Waals surface area (Å²) in [4.78, 5) is 11.7. The number of nitrogens with zero attached hydrogens (tertiary/aromatic N) is 1. The van der Waals surface area contributed by atoms with Gasteiger partial charge in [0, 0.05) is 13.1 Å². The summed E-state index contributed by atoms with van der Waals surface area (Å²) < 4.78 is 226. The Kier molecular flexibility index (Phi) is 9.65. The van der Waals surface area contributed by atoms with Crippen molar-refractivity contribution in [2.24, 2.45) is 0 Å². The molecule has 0 fully saturated rings. The van der Waals surface area contributed by atoms with Crippen LogP contribution in [0.4, 0.5) is 74.6 Å². The number of amides is 1. The third-order valence-corrected chi connectivity index (χ3v) is 3.91. The zero-order valence-electron chi connectivity index (χ0n) is 17.4. The van der Waals surface area contributed by atoms with Crippen LogP contribution in [0.2, 0.25) is 0 Å². The molecule has 0 saturated heterocycles. The van der Waals surface area contributed by atoms with Gasteiger partial charge in [0.15, 0.2) is 0 Å². The van der Waals surface area contributed by atoms with Gasteiger partial charge >= 0.3 is 48.4 Å². The van der Waals surface area contributed by atoms with E-state index in [1.165, 1.54) is 4.74 Å². The summed E-state index contributed by atoms with van der Waals surface area (Å²) in [5.41, 5.74) is 0. The summed E-state index contributed by atoms with van der Waals surface area (Å²) in [6.07, 6.45) is -39.0. The van der Waals surface area contributed by atoms with Crippen LogP contribution >= 0.6 is 0 Å². The molecule has 0 aromatic heterocycles. The normalized spacial score (nSPS) is 18.0. The molecule has 21 heteroatoms. The monoisotopic (exact) mass is 579 g/mol. The summed E-state index contributed by atoms with van der Waals surface area (Å²) in [5.74, 6) is -25.8. The lowest BCUT2D eigenvalue weighted by Gasteiger charge is -2.41. The Morgan fingerprint density at radius 2 is 0.972 bits per heavy atom. The lowest BCUT2D eigenvalue weighted by Crippen LogP contribution is -2.69. The molecule has 0 rings (SSSR count). The van der Waals surface area contributed by atoms with Gasteiger partial charge in [0.2, 0.25) is 0 Å². The lowest BCUT2D eigenvalue weighted by atomic mass is 10.2. The molecule has 0 radical (unpaired) electrons. The summed E-state index contributed by atoms with van der Waals surface area (Å²) in [6.45, 7) is 0.420. The Morgan fingerprint density at radius 3 is 1.25 bits per heavy atom. The van der Waals surface area contributed by atoms with Crippen LogP contribution < -0.4 is 0 Å². The van der Waals surface area contributed by atoms with Crippen molar-refractivity contribution in [1.82, 2.24) is 4.90 Å². The smallest absolute Gasteiger partial charge is 0.337 e. The maximum atomic E-state index is 14.5. The second kappa shape index (κ2) is 10.2. The van der Waals surface area contributed by atoms with Crippen LogP contribution in [0.25, 0.3) is 0 Å². The maximum absolute atomic E-state index is 14.5. The molecule has 0 heterocycles. The van der Waals surface area contributed by atoms with Crippen LogP contribution in [0.15, 0.2) is 0 Å². The molecule has 1 amide bonds. The molecular formula is C15H14F17NO3. The number of halogens is 17. The molecule has 0 aliphatic rings. The highest BCUT2D eigenvalue weighted by molar-refractivity contribution is 5.84. The minimum atomic E-state index is -8.01. The average molecular weight is 579 g/mol. The number of carbonyl (C=O) groups is 1. The van der Waals surface area contributed by atoms with Crippen molar-refractivity contribution in [3.05, 3.63) is 0 Å². The van der Waals surface area contributed by atoms with Crippen LogP contribution in [0.1, 0.15) is 26.7 Å². The van der Waals surface area contributed by atoms with Crippen LogP contribution in [-0.2, 0) is 14.3 Å². The molecule has 0 N–H and O–H groups in total. The van der Waals surface area contributed by atoms with Crippen LogP contribution in [0.3, 0.4) is 0 Å². The fourth-order valence-electron chi connectivity index (χ4n) is 2.21. The van der Waals surface area contributed by atoms with Gasteiger partial charge in [-0.15, -0.1) is 0 Å². The predicted octanol–water partition coefficient (Wildman–Crippen LogP) is 6.51. The quantitative estimate of drug-likeness (QED) is 0.262. The van der Waals surface area contributed by atoms with E-state index in [0.717, 1.165) is 13.8 Å². The average Bonchev–Trinajstić information content (AvgIpc) is 2.63. The van der Waals surface area contributed by atoms with Crippen LogP contribution in [0, 0.1) is 0 Å². The highest BCUT2D eigenvalue weighted by Crippen LogP contribution is 2.56. The summed E-state index contributed by atoms with van der Waals surface area (Å²) >= 11 is 0. The standard InChI is InChI=1S/C15H14F17NO3/c1-3-5-33(6-4-2)7(34)8(16,11(20,21)22)35-15(31,32)10(19,13(26,27)28)36-14(29,30)9(17,18)12(23,24)25/h3-6H2,1-2H3/t8-,10-/m1/s1. The summed E-state index contributed by atoms with van der Waals surface area (Å²) in [5, 5.41) is 0. The number of rotatable bonds is 11. The molecule has 2 atom stereocenters. The first kappa shape index (κ1) is 34.2. The SMILES string of the molecule is CCCN(CCC)C(=O)[C@@](F)(OC(F)(F)[C@](F)(OC(F)(F)C(F)(F)C(F)(F)F)C(F)(F)F)C(F)(F)F. The van der Waals surface area contributed by atoms with E-state index in [1.54, 1.807) is 0 Å². The van der Waals surface area contributed by atoms with Gasteiger partial charge in [0.1, 0.15) is 0 Å². The van der Waals surface area contributed by atoms with Crippen LogP contribution in [-0.4, -0.2) is 72.3 Å². The van der Waals surface area contributed by atoms with Gasteiger partial charge in [-0.1, -0.05) is 13.8 Å². The number of ether oxygens (including phenoxy) is 2. The van der Waals surface area contributed by atoms with Gasteiger partial charge in [-0.05, 0) is 12.8 Å². The molecule has 0 aliphatic heterocycles. The van der Waals surface area contributed by atoms with Gasteiger partial charge in [0.05, 0.1) is 0 Å². The first-order valence-corrected chi connectivity index (χ1v) is 9.00. The minimum absolute atomic E-state index is 0.260. The minimum Gasteiger partial charge on any atom is -0.337 e. The van der Waals surface area contributed by atoms with Gasteiger partial charge in [-0.2, -0.15) is 74.6 Å². The topological polar surface area (TPSA) is 38.8 Å². The van der Waals surface area contributed by atoms with Gasteiger partial charge in [-0.25, -0.2) is 0 Å². The first-order chi connectivity index (χ1) is 15.6. The van der Waals surface area contributed by atoms with E-state index >= 15 is 0 Å². The van der Waals surface area contributed by atoms with Crippen LogP contribution in [0.5, 0.6) is 0 Å². The summed E-state index contributed by atoms with van der Waals surface area (Å²) in [7, 11) is 0. The van der Waals surface area contributed by atoms with E-state index < -0.39 is 67.4 Å². The second-order valence-corrected chi connectivity index (χ2v) is 6.79. The largest absolute Gasteiger partial charge is 0.462 e. The third kappa shape index (κ3) is 6.18. The fraction of sp³-hybridized carbons (Fsp3) is 0.933. The van der Waals surface area contributed by atoms with Crippen molar-refractivity contribution in [3.63, 3.8) is 0 Å². The van der Waals surface area contributed by atoms with E-state index in [2.05, 4.69) is 4.74 Å². The Labute approximate surface area is 189 Å². The molecule has 0 aliphatic carbocycles. The molecular weight excluding hydrogens is 565 g/mol. The maximum Gasteiger partial charge on any atom is 0.462 e. The molecule has 0 unspecified atom stereocenters. The van der Waals surface area contributed by atoms with Gasteiger partial charge < -0.3 is 4.90 Å². The van der Waals surface area contributed by atoms with Crippen molar-refractivity contribution in [2.45, 2.75) is 75.1 Å². The molecule has 216 valence electrons. The Hall–Kier alpha value is -1.80. The Bertz CT molecular complexity index is 756. The van der Waals surface area contributed by atoms with Crippen molar-refractivity contribution < 1.29 is 88.9 Å². The van der Waals surface area contributed by atoms with Crippen molar-refractivity contribution in [2.75, 3.05) is 13.1 Å². The number of hydrogen-bond acceptors (Lipinski definition) is 3. The number of alkyl halides is 17. The highest BCUT2D eigenvalue weighted by atomic mass is 19.4. The number of hydrogen-bond donors (Lipinski definition) is 0. The molecule has 0 aromatic carbocycles. The molecule has 0 saturated carbocycles. The highest BCUT2D eigenvalue weighted by Gasteiger charge is 2.85. The summed E-state index contributed by atoms with van der Waals surface area (Å²) in [6, 6.07) is 0. The Balaban J connectivity index is 6.88. The third-order valence-electron chi connectivity index (χ3n) is 3.91. The predicted molar refractivity (Wildman–Crippen MR) is 80.0 cm³/mol. The van der Waals surface area contributed by atoms with E-state index in [-0.39, 0.29) is 17.7 Å². The zero-order chi connectivity index (χ0) is 29.4. The van der Waals surface area contributed by atoms with E-state index in [1.807, 2.05) is 0 Å². The zero-order valence-corrected chi connectivity index (χ0v) is 17.4. The molecule has 4 nitrogen and oxygen atoms in total. The van der Waals surface area contributed by atoms with Gasteiger partial charge in [0.25, 0.3) is 5.91 Å². The van der Waals surface area contributed by atoms with E-state index in [9.17, 15) is 79.4 Å². The first-order valence-electron chi connectivity index (χ1n) is 9.00. The molecule has 0 bridgehead atoms. The fourth-order valence-corrected chi connectivity index (χ4v) is 2.21. The van der Waals surface area contributed by atoms with Gasteiger partial charge in [-0.3, -0.25) is 14.3 Å². The van der Waals surface area contributed by atoms with Crippen molar-refractivity contribution >= 4 is 5.91 Å². The van der Waals surface area contributed by atoms with E-state index in [4.69, 9.17) is 0 Å². The van der Waals surface area contributed by atoms with E-state index in [0.29, 0.717) is 0 Å². The van der Waals surface area contributed by atoms with Crippen molar-refractivity contribution in [1.29, 1.82) is 0 Å². The Morgan fingerprint density at radius 1 is 0.583 bits per heavy atom. The second-order valence-electron chi connectivity index (χ2n) is 6.79. The molecule has 0 spiro atoms. The lowest BCUT2D eigenvalue weighted by molar-refractivity contribution is -0.548. The van der Waals surface area contributed by atoms with Crippen molar-refractivity contribution in [3.8, 4) is 0 Å². The number of carbonyl (C=O) groups excluding carboxylic acids is 1. The molecule has 0 aromatic rings. The molecule has 36 heavy (non-hydrogen) atoms.